The Morgan fingerprint density at radius 3 is 1.45 bits per heavy atom. The van der Waals surface area contributed by atoms with Crippen molar-refractivity contribution in [2.24, 2.45) is 11.8 Å². The van der Waals surface area contributed by atoms with Gasteiger partial charge in [0.25, 0.3) is 0 Å². The fourth-order valence-electron chi connectivity index (χ4n) is 2.16. The van der Waals surface area contributed by atoms with Crippen LogP contribution in [-0.4, -0.2) is 20.3 Å². The molecule has 0 aromatic heterocycles. The Morgan fingerprint density at radius 2 is 1.14 bits per heavy atom. The second-order valence-electron chi connectivity index (χ2n) is 6.78. The van der Waals surface area contributed by atoms with Crippen molar-refractivity contribution >= 4 is 7.82 Å². The van der Waals surface area contributed by atoms with E-state index in [1.165, 1.54) is 32.8 Å². The number of hydrogen-bond acceptors (Lipinski definition) is 4. The Morgan fingerprint density at radius 1 is 0.727 bits per heavy atom. The second kappa shape index (κ2) is 13.5. The lowest BCUT2D eigenvalue weighted by molar-refractivity contribution is 0.127. The minimum atomic E-state index is -3.34. The van der Waals surface area contributed by atoms with Crippen molar-refractivity contribution in [2.75, 3.05) is 20.3 Å². The third-order valence-electron chi connectivity index (χ3n) is 3.57. The molecule has 0 aliphatic rings. The van der Waals surface area contributed by atoms with Crippen LogP contribution in [0.15, 0.2) is 0 Å². The van der Waals surface area contributed by atoms with Crippen molar-refractivity contribution in [1.82, 2.24) is 0 Å². The molecule has 5 heteroatoms. The number of rotatable bonds is 15. The van der Waals surface area contributed by atoms with Crippen LogP contribution in [-0.2, 0) is 18.1 Å². The van der Waals surface area contributed by atoms with E-state index in [2.05, 4.69) is 27.7 Å². The van der Waals surface area contributed by atoms with E-state index in [1.54, 1.807) is 0 Å². The number of unbranched alkanes of at least 4 members (excludes halogenated alkanes) is 4. The Kier molecular flexibility index (Phi) is 13.6. The molecule has 0 N–H and O–H groups in total. The van der Waals surface area contributed by atoms with Gasteiger partial charge in [-0.15, -0.1) is 0 Å². The van der Waals surface area contributed by atoms with Crippen LogP contribution in [0.2, 0.25) is 0 Å². The van der Waals surface area contributed by atoms with Gasteiger partial charge in [0.05, 0.1) is 13.2 Å². The van der Waals surface area contributed by atoms with Gasteiger partial charge in [-0.25, -0.2) is 4.57 Å². The molecule has 0 aliphatic heterocycles. The first-order valence-electron chi connectivity index (χ1n) is 8.84. The first kappa shape index (κ1) is 22.1. The van der Waals surface area contributed by atoms with Gasteiger partial charge in [0.2, 0.25) is 0 Å². The van der Waals surface area contributed by atoms with Crippen molar-refractivity contribution in [3.63, 3.8) is 0 Å². The molecular formula is C17H37O4P. The number of phosphoric ester groups is 1. The second-order valence-corrected chi connectivity index (χ2v) is 8.56. The zero-order valence-electron chi connectivity index (χ0n) is 15.3. The molecule has 22 heavy (non-hydrogen) atoms. The van der Waals surface area contributed by atoms with E-state index in [1.807, 2.05) is 0 Å². The molecule has 0 aromatic rings. The normalized spacial score (nSPS) is 12.5. The number of hydrogen-bond donors (Lipinski definition) is 0. The van der Waals surface area contributed by atoms with E-state index in [-0.39, 0.29) is 0 Å². The summed E-state index contributed by atoms with van der Waals surface area (Å²) in [4.78, 5) is 0. The predicted molar refractivity (Wildman–Crippen MR) is 93.1 cm³/mol. The molecule has 0 aliphatic carbocycles. The SMILES string of the molecule is COP(=O)(OCCCCCC(C)C)OCCCCCC(C)C. The Labute approximate surface area is 137 Å². The van der Waals surface area contributed by atoms with Crippen LogP contribution in [0.1, 0.15) is 79.1 Å². The number of phosphoric acid groups is 1. The zero-order chi connectivity index (χ0) is 16.8. The summed E-state index contributed by atoms with van der Waals surface area (Å²) in [6.07, 6.45) is 8.83. The Bertz CT molecular complexity index is 268. The summed E-state index contributed by atoms with van der Waals surface area (Å²) in [5.41, 5.74) is 0. The molecule has 4 nitrogen and oxygen atoms in total. The third kappa shape index (κ3) is 13.8. The van der Waals surface area contributed by atoms with E-state index in [4.69, 9.17) is 13.6 Å². The van der Waals surface area contributed by atoms with E-state index in [9.17, 15) is 4.57 Å². The summed E-state index contributed by atoms with van der Waals surface area (Å²) in [5.74, 6) is 1.48. The highest BCUT2D eigenvalue weighted by Crippen LogP contribution is 2.48. The van der Waals surface area contributed by atoms with Gasteiger partial charge in [-0.05, 0) is 24.7 Å². The highest BCUT2D eigenvalue weighted by atomic mass is 31.2. The van der Waals surface area contributed by atoms with Gasteiger partial charge < -0.3 is 0 Å². The Balaban J connectivity index is 3.65. The molecule has 0 radical (unpaired) electrons. The first-order chi connectivity index (χ1) is 10.4. The molecule has 0 rings (SSSR count). The predicted octanol–water partition coefficient (Wildman–Crippen LogP) is 6.21. The topological polar surface area (TPSA) is 44.8 Å². The van der Waals surface area contributed by atoms with Crippen LogP contribution in [0.3, 0.4) is 0 Å². The van der Waals surface area contributed by atoms with Crippen molar-refractivity contribution in [3.05, 3.63) is 0 Å². The summed E-state index contributed by atoms with van der Waals surface area (Å²) in [6.45, 7) is 9.79. The maximum Gasteiger partial charge on any atom is 0.474 e. The standard InChI is InChI=1S/C17H37O4P/c1-16(2)12-8-6-10-14-20-22(18,19-5)21-15-11-7-9-13-17(3)4/h16-17H,6-15H2,1-5H3. The first-order valence-corrected chi connectivity index (χ1v) is 10.3. The van der Waals surface area contributed by atoms with E-state index in [0.717, 1.165) is 37.5 Å². The van der Waals surface area contributed by atoms with Crippen LogP contribution in [0.25, 0.3) is 0 Å². The van der Waals surface area contributed by atoms with Gasteiger partial charge in [-0.3, -0.25) is 13.6 Å². The molecule has 0 atom stereocenters. The maximum absolute atomic E-state index is 12.2. The molecular weight excluding hydrogens is 299 g/mol. The quantitative estimate of drug-likeness (QED) is 0.263. The minimum absolute atomic E-state index is 0.441. The highest BCUT2D eigenvalue weighted by Gasteiger charge is 2.24. The fourth-order valence-corrected chi connectivity index (χ4v) is 3.15. The van der Waals surface area contributed by atoms with Crippen LogP contribution in [0.5, 0.6) is 0 Å². The van der Waals surface area contributed by atoms with Crippen molar-refractivity contribution < 1.29 is 18.1 Å². The van der Waals surface area contributed by atoms with Crippen LogP contribution >= 0.6 is 7.82 Å². The van der Waals surface area contributed by atoms with E-state index in [0.29, 0.717) is 13.2 Å². The van der Waals surface area contributed by atoms with Crippen molar-refractivity contribution in [1.29, 1.82) is 0 Å². The molecule has 0 spiro atoms. The molecule has 0 aromatic carbocycles. The highest BCUT2D eigenvalue weighted by molar-refractivity contribution is 7.48. The monoisotopic (exact) mass is 336 g/mol. The summed E-state index contributed by atoms with van der Waals surface area (Å²) < 4.78 is 27.8. The molecule has 0 saturated heterocycles. The lowest BCUT2D eigenvalue weighted by Crippen LogP contribution is -2.01. The average molecular weight is 336 g/mol. The Hall–Kier alpha value is 0.110. The van der Waals surface area contributed by atoms with Gasteiger partial charge >= 0.3 is 7.82 Å². The summed E-state index contributed by atoms with van der Waals surface area (Å²) in [7, 11) is -1.95. The zero-order valence-corrected chi connectivity index (χ0v) is 16.2. The van der Waals surface area contributed by atoms with Gasteiger partial charge in [0.1, 0.15) is 0 Å². The lowest BCUT2D eigenvalue weighted by Gasteiger charge is -2.16. The minimum Gasteiger partial charge on any atom is -0.290 e. The van der Waals surface area contributed by atoms with Gasteiger partial charge in [-0.2, -0.15) is 0 Å². The fraction of sp³-hybridized carbons (Fsp3) is 1.00. The van der Waals surface area contributed by atoms with E-state index < -0.39 is 7.82 Å². The van der Waals surface area contributed by atoms with Crippen LogP contribution in [0.4, 0.5) is 0 Å². The molecule has 134 valence electrons. The molecule has 0 bridgehead atoms. The van der Waals surface area contributed by atoms with Gasteiger partial charge in [-0.1, -0.05) is 66.2 Å². The van der Waals surface area contributed by atoms with Gasteiger partial charge in [0, 0.05) is 7.11 Å². The summed E-state index contributed by atoms with van der Waals surface area (Å²) in [5, 5.41) is 0. The maximum atomic E-state index is 12.2. The molecule has 0 heterocycles. The molecule has 0 fully saturated rings. The lowest BCUT2D eigenvalue weighted by atomic mass is 10.1. The van der Waals surface area contributed by atoms with Crippen molar-refractivity contribution in [2.45, 2.75) is 79.1 Å². The van der Waals surface area contributed by atoms with E-state index >= 15 is 0 Å². The van der Waals surface area contributed by atoms with Crippen LogP contribution < -0.4 is 0 Å². The largest absolute Gasteiger partial charge is 0.474 e. The van der Waals surface area contributed by atoms with Crippen molar-refractivity contribution in [3.8, 4) is 0 Å². The third-order valence-corrected chi connectivity index (χ3v) is 5.02. The average Bonchev–Trinajstić information content (AvgIpc) is 2.46. The van der Waals surface area contributed by atoms with Gasteiger partial charge in [0.15, 0.2) is 0 Å². The smallest absolute Gasteiger partial charge is 0.290 e. The molecule has 0 amide bonds. The van der Waals surface area contributed by atoms with Crippen LogP contribution in [0, 0.1) is 11.8 Å². The molecule has 0 saturated carbocycles. The molecule has 0 unspecified atom stereocenters. The summed E-state index contributed by atoms with van der Waals surface area (Å²) >= 11 is 0. The summed E-state index contributed by atoms with van der Waals surface area (Å²) in [6, 6.07) is 0.